The lowest BCUT2D eigenvalue weighted by molar-refractivity contribution is -0.132. The fraction of sp³-hybridized carbons (Fsp3) is 0.524. The molecule has 154 valence electrons. The van der Waals surface area contributed by atoms with Crippen molar-refractivity contribution in [1.82, 2.24) is 24.8 Å². The molecule has 0 aliphatic carbocycles. The Hall–Kier alpha value is -2.90. The third kappa shape index (κ3) is 4.26. The molecule has 3 aromatic rings. The number of carbonyl (C=O) groups excluding carboxylic acids is 1. The lowest BCUT2D eigenvalue weighted by Crippen LogP contribution is -2.38. The molecule has 0 unspecified atom stereocenters. The zero-order valence-corrected chi connectivity index (χ0v) is 17.2. The predicted molar refractivity (Wildman–Crippen MR) is 108 cm³/mol. The van der Waals surface area contributed by atoms with E-state index in [2.05, 4.69) is 16.2 Å². The second-order valence-electron chi connectivity index (χ2n) is 7.84. The van der Waals surface area contributed by atoms with Gasteiger partial charge in [0.05, 0.1) is 11.8 Å². The molecule has 1 aliphatic rings. The zero-order valence-electron chi connectivity index (χ0n) is 17.2. The summed E-state index contributed by atoms with van der Waals surface area (Å²) in [7, 11) is 1.93. The van der Waals surface area contributed by atoms with Crippen LogP contribution in [0.1, 0.15) is 50.5 Å². The predicted octanol–water partition coefficient (Wildman–Crippen LogP) is 3.08. The monoisotopic (exact) mass is 397 g/mol. The molecular weight excluding hydrogens is 370 g/mol. The number of aryl methyl sites for hydroxylation is 2. The molecule has 0 radical (unpaired) electrons. The minimum Gasteiger partial charge on any atom is -0.473 e. The lowest BCUT2D eigenvalue weighted by Gasteiger charge is -2.31. The van der Waals surface area contributed by atoms with Gasteiger partial charge < -0.3 is 14.2 Å². The Balaban J connectivity index is 1.31. The molecule has 4 heterocycles. The van der Waals surface area contributed by atoms with Crippen LogP contribution in [0.25, 0.3) is 11.0 Å². The molecule has 0 aromatic carbocycles. The third-order valence-electron chi connectivity index (χ3n) is 5.34. The van der Waals surface area contributed by atoms with E-state index in [1.807, 2.05) is 36.5 Å². The van der Waals surface area contributed by atoms with Gasteiger partial charge in [0.1, 0.15) is 5.76 Å². The molecule has 1 aliphatic heterocycles. The van der Waals surface area contributed by atoms with E-state index in [-0.39, 0.29) is 12.0 Å². The van der Waals surface area contributed by atoms with Crippen LogP contribution in [-0.2, 0) is 18.3 Å². The van der Waals surface area contributed by atoms with Crippen molar-refractivity contribution in [3.8, 4) is 5.88 Å². The number of amides is 1. The second-order valence-corrected chi connectivity index (χ2v) is 7.84. The molecule has 4 rings (SSSR count). The number of pyridine rings is 1. The van der Waals surface area contributed by atoms with Crippen LogP contribution >= 0.6 is 0 Å². The Morgan fingerprint density at radius 2 is 2.14 bits per heavy atom. The molecular formula is C21H27N5O3. The topological polar surface area (TPSA) is 86.3 Å². The van der Waals surface area contributed by atoms with Gasteiger partial charge in [-0.1, -0.05) is 0 Å². The van der Waals surface area contributed by atoms with Crippen molar-refractivity contribution in [2.75, 3.05) is 13.1 Å². The van der Waals surface area contributed by atoms with Crippen molar-refractivity contribution in [3.05, 3.63) is 35.9 Å². The van der Waals surface area contributed by atoms with E-state index in [0.29, 0.717) is 30.4 Å². The fourth-order valence-corrected chi connectivity index (χ4v) is 3.92. The van der Waals surface area contributed by atoms with Crippen LogP contribution < -0.4 is 4.74 Å². The first kappa shape index (κ1) is 19.4. The maximum absolute atomic E-state index is 12.6. The van der Waals surface area contributed by atoms with E-state index in [4.69, 9.17) is 14.4 Å². The highest BCUT2D eigenvalue weighted by Gasteiger charge is 2.27. The van der Waals surface area contributed by atoms with Crippen LogP contribution in [0.2, 0.25) is 0 Å². The van der Waals surface area contributed by atoms with Gasteiger partial charge in [0.15, 0.2) is 5.65 Å². The standard InChI is InChI=1S/C21H27N5O3/c1-14(2)28-18-13-16(29-24-18)6-7-19(27)26-11-8-15(9-12-26)20-17-5-4-10-22-21(17)25(3)23-20/h4-5,10,13-15H,6-9,11-12H2,1-3H3. The Morgan fingerprint density at radius 1 is 1.34 bits per heavy atom. The summed E-state index contributed by atoms with van der Waals surface area (Å²) in [5.41, 5.74) is 2.01. The van der Waals surface area contributed by atoms with Crippen LogP contribution in [0.15, 0.2) is 28.9 Å². The average molecular weight is 397 g/mol. The minimum absolute atomic E-state index is 0.0443. The summed E-state index contributed by atoms with van der Waals surface area (Å²) < 4.78 is 12.6. The first-order chi connectivity index (χ1) is 14.0. The molecule has 0 spiro atoms. The number of ether oxygens (including phenoxy) is 1. The quantitative estimate of drug-likeness (QED) is 0.635. The Morgan fingerprint density at radius 3 is 2.90 bits per heavy atom. The summed E-state index contributed by atoms with van der Waals surface area (Å²) in [5, 5.41) is 9.70. The summed E-state index contributed by atoms with van der Waals surface area (Å²) >= 11 is 0. The summed E-state index contributed by atoms with van der Waals surface area (Å²) in [5.74, 6) is 1.66. The van der Waals surface area contributed by atoms with E-state index in [1.54, 1.807) is 12.3 Å². The van der Waals surface area contributed by atoms with E-state index < -0.39 is 0 Å². The molecule has 0 atom stereocenters. The van der Waals surface area contributed by atoms with Gasteiger partial charge in [-0.05, 0) is 44.0 Å². The number of nitrogens with zero attached hydrogens (tertiary/aromatic N) is 5. The van der Waals surface area contributed by atoms with Crippen molar-refractivity contribution in [2.24, 2.45) is 7.05 Å². The van der Waals surface area contributed by atoms with Crippen LogP contribution in [0.3, 0.4) is 0 Å². The highest BCUT2D eigenvalue weighted by molar-refractivity contribution is 5.79. The number of hydrogen-bond acceptors (Lipinski definition) is 6. The molecule has 3 aromatic heterocycles. The highest BCUT2D eigenvalue weighted by atomic mass is 16.5. The number of piperidine rings is 1. The molecule has 0 bridgehead atoms. The maximum Gasteiger partial charge on any atom is 0.254 e. The maximum atomic E-state index is 12.6. The van der Waals surface area contributed by atoms with E-state index in [1.165, 1.54) is 0 Å². The molecule has 8 nitrogen and oxygen atoms in total. The van der Waals surface area contributed by atoms with Gasteiger partial charge in [-0.15, -0.1) is 0 Å². The van der Waals surface area contributed by atoms with E-state index >= 15 is 0 Å². The molecule has 1 fully saturated rings. The summed E-state index contributed by atoms with van der Waals surface area (Å²) in [4.78, 5) is 19.0. The first-order valence-electron chi connectivity index (χ1n) is 10.2. The van der Waals surface area contributed by atoms with Crippen LogP contribution in [0, 0.1) is 0 Å². The molecule has 1 amide bonds. The number of carbonyl (C=O) groups is 1. The number of hydrogen-bond donors (Lipinski definition) is 0. The van der Waals surface area contributed by atoms with Crippen molar-refractivity contribution in [2.45, 2.75) is 51.6 Å². The van der Waals surface area contributed by atoms with Crippen LogP contribution in [0.5, 0.6) is 5.88 Å². The molecule has 29 heavy (non-hydrogen) atoms. The van der Waals surface area contributed by atoms with Gasteiger partial charge in [0.2, 0.25) is 5.91 Å². The largest absolute Gasteiger partial charge is 0.473 e. The first-order valence-corrected chi connectivity index (χ1v) is 10.2. The number of rotatable bonds is 6. The van der Waals surface area contributed by atoms with Crippen molar-refractivity contribution >= 4 is 16.9 Å². The van der Waals surface area contributed by atoms with Gasteiger partial charge in [-0.2, -0.15) is 5.10 Å². The molecule has 0 saturated carbocycles. The molecule has 8 heteroatoms. The lowest BCUT2D eigenvalue weighted by atomic mass is 9.92. The zero-order chi connectivity index (χ0) is 20.4. The number of likely N-dealkylation sites (tertiary alicyclic amines) is 1. The number of aromatic nitrogens is 4. The van der Waals surface area contributed by atoms with Gasteiger partial charge in [-0.3, -0.25) is 9.48 Å². The average Bonchev–Trinajstić information content (AvgIpc) is 3.30. The Labute approximate surface area is 169 Å². The second kappa shape index (κ2) is 8.23. The van der Waals surface area contributed by atoms with Crippen molar-refractivity contribution < 1.29 is 14.1 Å². The molecule has 1 saturated heterocycles. The Kier molecular flexibility index (Phi) is 5.51. The minimum atomic E-state index is 0.0443. The third-order valence-corrected chi connectivity index (χ3v) is 5.34. The summed E-state index contributed by atoms with van der Waals surface area (Å²) in [6.07, 6.45) is 4.62. The molecule has 0 N–H and O–H groups in total. The fourth-order valence-electron chi connectivity index (χ4n) is 3.92. The SMILES string of the molecule is CC(C)Oc1cc(CCC(=O)N2CCC(c3nn(C)c4ncccc34)CC2)on1. The van der Waals surface area contributed by atoms with E-state index in [0.717, 1.165) is 42.7 Å². The van der Waals surface area contributed by atoms with Gasteiger partial charge in [-0.25, -0.2) is 4.98 Å². The number of fused-ring (bicyclic) bond motifs is 1. The van der Waals surface area contributed by atoms with Crippen LogP contribution in [-0.4, -0.2) is 49.9 Å². The van der Waals surface area contributed by atoms with Gasteiger partial charge in [0, 0.05) is 56.5 Å². The Bertz CT molecular complexity index is 985. The summed E-state index contributed by atoms with van der Waals surface area (Å²) in [6, 6.07) is 5.80. The highest BCUT2D eigenvalue weighted by Crippen LogP contribution is 2.31. The van der Waals surface area contributed by atoms with E-state index in [9.17, 15) is 4.79 Å². The van der Waals surface area contributed by atoms with Crippen molar-refractivity contribution in [3.63, 3.8) is 0 Å². The smallest absolute Gasteiger partial charge is 0.254 e. The summed E-state index contributed by atoms with van der Waals surface area (Å²) in [6.45, 7) is 5.37. The normalized spacial score (nSPS) is 15.4. The van der Waals surface area contributed by atoms with Gasteiger partial charge >= 0.3 is 0 Å². The van der Waals surface area contributed by atoms with Gasteiger partial charge in [0.25, 0.3) is 5.88 Å². The van der Waals surface area contributed by atoms with Crippen molar-refractivity contribution in [1.29, 1.82) is 0 Å². The van der Waals surface area contributed by atoms with Crippen LogP contribution in [0.4, 0.5) is 0 Å².